The molecule has 0 unspecified atom stereocenters. The monoisotopic (exact) mass is 221 g/mol. The Kier molecular flexibility index (Phi) is 2.22. The van der Waals surface area contributed by atoms with Crippen LogP contribution in [0.2, 0.25) is 0 Å². The van der Waals surface area contributed by atoms with Crippen molar-refractivity contribution in [1.29, 1.82) is 0 Å². The largest absolute Gasteiger partial charge is 0.382 e. The van der Waals surface area contributed by atoms with Crippen LogP contribution in [-0.4, -0.2) is 9.97 Å². The second-order valence-electron chi connectivity index (χ2n) is 3.89. The minimum absolute atomic E-state index is 0.440. The number of benzene rings is 2. The Hall–Kier alpha value is -2.42. The van der Waals surface area contributed by atoms with Crippen molar-refractivity contribution < 1.29 is 0 Å². The Morgan fingerprint density at radius 1 is 0.882 bits per heavy atom. The van der Waals surface area contributed by atoms with Gasteiger partial charge in [0.25, 0.3) is 0 Å². The van der Waals surface area contributed by atoms with Crippen molar-refractivity contribution in [3.8, 4) is 11.3 Å². The molecule has 82 valence electrons. The van der Waals surface area contributed by atoms with Gasteiger partial charge in [0.2, 0.25) is 0 Å². The van der Waals surface area contributed by atoms with Gasteiger partial charge in [0.1, 0.15) is 5.82 Å². The summed E-state index contributed by atoms with van der Waals surface area (Å²) in [6.07, 6.45) is 3.27. The van der Waals surface area contributed by atoms with Gasteiger partial charge < -0.3 is 5.73 Å². The fourth-order valence-electron chi connectivity index (χ4n) is 1.87. The van der Waals surface area contributed by atoms with Crippen molar-refractivity contribution in [3.63, 3.8) is 0 Å². The van der Waals surface area contributed by atoms with Crippen LogP contribution < -0.4 is 5.73 Å². The maximum Gasteiger partial charge on any atom is 0.142 e. The lowest BCUT2D eigenvalue weighted by molar-refractivity contribution is 1.22. The van der Waals surface area contributed by atoms with Gasteiger partial charge in [-0.05, 0) is 16.8 Å². The van der Waals surface area contributed by atoms with E-state index in [1.807, 2.05) is 18.2 Å². The van der Waals surface area contributed by atoms with E-state index < -0.39 is 0 Å². The summed E-state index contributed by atoms with van der Waals surface area (Å²) >= 11 is 0. The van der Waals surface area contributed by atoms with E-state index in [2.05, 4.69) is 34.2 Å². The van der Waals surface area contributed by atoms with Gasteiger partial charge in [-0.1, -0.05) is 36.4 Å². The van der Waals surface area contributed by atoms with Gasteiger partial charge in [0.05, 0.1) is 18.1 Å². The molecular weight excluding hydrogens is 210 g/mol. The molecule has 0 bridgehead atoms. The van der Waals surface area contributed by atoms with E-state index in [4.69, 9.17) is 5.73 Å². The van der Waals surface area contributed by atoms with Crippen molar-refractivity contribution in [1.82, 2.24) is 9.97 Å². The van der Waals surface area contributed by atoms with Crippen LogP contribution in [0.5, 0.6) is 0 Å². The molecule has 1 heterocycles. The molecule has 0 saturated heterocycles. The molecule has 0 aliphatic rings. The first-order valence-corrected chi connectivity index (χ1v) is 5.40. The van der Waals surface area contributed by atoms with Gasteiger partial charge in [-0.25, -0.2) is 4.98 Å². The first-order chi connectivity index (χ1) is 8.33. The molecule has 2 aromatic carbocycles. The minimum atomic E-state index is 0.440. The van der Waals surface area contributed by atoms with Crippen LogP contribution in [-0.2, 0) is 0 Å². The minimum Gasteiger partial charge on any atom is -0.382 e. The number of hydrogen-bond donors (Lipinski definition) is 1. The number of nitrogens with two attached hydrogens (primary N) is 1. The lowest BCUT2D eigenvalue weighted by Crippen LogP contribution is -1.93. The average molecular weight is 221 g/mol. The third-order valence-electron chi connectivity index (χ3n) is 2.70. The van der Waals surface area contributed by atoms with E-state index in [1.54, 1.807) is 12.4 Å². The van der Waals surface area contributed by atoms with Crippen LogP contribution in [0.25, 0.3) is 22.0 Å². The van der Waals surface area contributed by atoms with Crippen LogP contribution >= 0.6 is 0 Å². The predicted molar refractivity (Wildman–Crippen MR) is 69.4 cm³/mol. The van der Waals surface area contributed by atoms with E-state index in [-0.39, 0.29) is 0 Å². The molecule has 0 atom stereocenters. The zero-order chi connectivity index (χ0) is 11.7. The Balaban J connectivity index is 2.18. The number of nitrogen functional groups attached to an aromatic ring is 1. The highest BCUT2D eigenvalue weighted by Crippen LogP contribution is 2.22. The number of hydrogen-bond acceptors (Lipinski definition) is 3. The topological polar surface area (TPSA) is 51.8 Å². The van der Waals surface area contributed by atoms with Gasteiger partial charge in [-0.15, -0.1) is 0 Å². The Morgan fingerprint density at radius 3 is 2.53 bits per heavy atom. The van der Waals surface area contributed by atoms with Crippen molar-refractivity contribution in [3.05, 3.63) is 54.9 Å². The zero-order valence-corrected chi connectivity index (χ0v) is 9.17. The Bertz CT molecular complexity index is 677. The van der Waals surface area contributed by atoms with Crippen molar-refractivity contribution in [2.75, 3.05) is 5.73 Å². The molecule has 3 aromatic rings. The van der Waals surface area contributed by atoms with E-state index >= 15 is 0 Å². The molecule has 3 nitrogen and oxygen atoms in total. The Morgan fingerprint density at radius 2 is 1.71 bits per heavy atom. The van der Waals surface area contributed by atoms with E-state index in [0.717, 1.165) is 11.3 Å². The smallest absolute Gasteiger partial charge is 0.142 e. The molecule has 17 heavy (non-hydrogen) atoms. The highest BCUT2D eigenvalue weighted by atomic mass is 14.9. The van der Waals surface area contributed by atoms with Gasteiger partial charge >= 0.3 is 0 Å². The maximum atomic E-state index is 5.63. The fraction of sp³-hybridized carbons (Fsp3) is 0. The average Bonchev–Trinajstić information content (AvgIpc) is 2.38. The summed E-state index contributed by atoms with van der Waals surface area (Å²) in [6.45, 7) is 0. The number of rotatable bonds is 1. The molecule has 1 aromatic heterocycles. The van der Waals surface area contributed by atoms with Gasteiger partial charge in [0, 0.05) is 5.56 Å². The van der Waals surface area contributed by atoms with Crippen molar-refractivity contribution in [2.45, 2.75) is 0 Å². The SMILES string of the molecule is Nc1cncc(-c2ccc3ccccc3c2)n1. The zero-order valence-electron chi connectivity index (χ0n) is 9.17. The molecule has 0 aliphatic carbocycles. The second kappa shape index (κ2) is 3.87. The highest BCUT2D eigenvalue weighted by Gasteiger charge is 2.01. The quantitative estimate of drug-likeness (QED) is 0.687. The van der Waals surface area contributed by atoms with Crippen LogP contribution in [0.4, 0.5) is 5.82 Å². The molecule has 0 saturated carbocycles. The summed E-state index contributed by atoms with van der Waals surface area (Å²) in [5.74, 6) is 0.440. The van der Waals surface area contributed by atoms with Crippen molar-refractivity contribution >= 4 is 16.6 Å². The van der Waals surface area contributed by atoms with E-state index in [1.165, 1.54) is 10.8 Å². The molecule has 0 amide bonds. The summed E-state index contributed by atoms with van der Waals surface area (Å²) in [7, 11) is 0. The number of fused-ring (bicyclic) bond motifs is 1. The first kappa shape index (κ1) is 9.78. The van der Waals surface area contributed by atoms with E-state index in [0.29, 0.717) is 5.82 Å². The van der Waals surface area contributed by atoms with Crippen LogP contribution in [0.1, 0.15) is 0 Å². The molecule has 2 N–H and O–H groups in total. The lowest BCUT2D eigenvalue weighted by atomic mass is 10.1. The molecule has 3 heteroatoms. The molecule has 0 spiro atoms. The summed E-state index contributed by atoms with van der Waals surface area (Å²) in [4.78, 5) is 8.32. The fourth-order valence-corrected chi connectivity index (χ4v) is 1.87. The lowest BCUT2D eigenvalue weighted by Gasteiger charge is -2.03. The summed E-state index contributed by atoms with van der Waals surface area (Å²) in [5.41, 5.74) is 7.47. The van der Waals surface area contributed by atoms with E-state index in [9.17, 15) is 0 Å². The van der Waals surface area contributed by atoms with Crippen LogP contribution in [0.15, 0.2) is 54.9 Å². The third-order valence-corrected chi connectivity index (χ3v) is 2.70. The standard InChI is InChI=1S/C14H11N3/c15-14-9-16-8-13(17-14)12-6-5-10-3-1-2-4-11(10)7-12/h1-9H,(H2,15,17). The first-order valence-electron chi connectivity index (χ1n) is 5.40. The number of aromatic nitrogens is 2. The summed E-state index contributed by atoms with van der Waals surface area (Å²) < 4.78 is 0. The van der Waals surface area contributed by atoms with Crippen molar-refractivity contribution in [2.24, 2.45) is 0 Å². The third kappa shape index (κ3) is 1.83. The Labute approximate surface area is 98.9 Å². The van der Waals surface area contributed by atoms with Gasteiger partial charge in [-0.3, -0.25) is 4.98 Å². The molecule has 0 aliphatic heterocycles. The van der Waals surface area contributed by atoms with Gasteiger partial charge in [-0.2, -0.15) is 0 Å². The molecule has 3 rings (SSSR count). The van der Waals surface area contributed by atoms with Crippen LogP contribution in [0.3, 0.4) is 0 Å². The molecular formula is C14H11N3. The highest BCUT2D eigenvalue weighted by molar-refractivity contribution is 5.86. The van der Waals surface area contributed by atoms with Crippen LogP contribution in [0, 0.1) is 0 Å². The maximum absolute atomic E-state index is 5.63. The number of nitrogens with zero attached hydrogens (tertiary/aromatic N) is 2. The van der Waals surface area contributed by atoms with Gasteiger partial charge in [0.15, 0.2) is 0 Å². The second-order valence-corrected chi connectivity index (χ2v) is 3.89. The summed E-state index contributed by atoms with van der Waals surface area (Å²) in [6, 6.07) is 14.4. The molecule has 0 radical (unpaired) electrons. The summed E-state index contributed by atoms with van der Waals surface area (Å²) in [5, 5.41) is 2.40. The number of anilines is 1. The predicted octanol–water partition coefficient (Wildman–Crippen LogP) is 2.88. The molecule has 0 fully saturated rings. The normalized spacial score (nSPS) is 10.6.